The summed E-state index contributed by atoms with van der Waals surface area (Å²) >= 11 is 0. The number of fused-ring (bicyclic) bond motifs is 1. The van der Waals surface area contributed by atoms with Gasteiger partial charge in [-0.1, -0.05) is 24.3 Å². The summed E-state index contributed by atoms with van der Waals surface area (Å²) in [4.78, 5) is 27.5. The average Bonchev–Trinajstić information content (AvgIpc) is 2.59. The highest BCUT2D eigenvalue weighted by atomic mass is 16.5. The number of nitrogens with zero attached hydrogens (tertiary/aromatic N) is 1. The van der Waals surface area contributed by atoms with Gasteiger partial charge in [-0.2, -0.15) is 0 Å². The number of carbonyl (C=O) groups excluding carboxylic acids is 2. The van der Waals surface area contributed by atoms with Gasteiger partial charge in [-0.15, -0.1) is 0 Å². The van der Waals surface area contributed by atoms with Gasteiger partial charge in [0.1, 0.15) is 0 Å². The van der Waals surface area contributed by atoms with Crippen molar-refractivity contribution in [3.05, 3.63) is 64.5 Å². The fraction of sp³-hybridized carbons (Fsp3) is 0.167. The van der Waals surface area contributed by atoms with Crippen molar-refractivity contribution in [2.45, 2.75) is 6.42 Å². The molecule has 1 aromatic heterocycles. The largest absolute Gasteiger partial charge is 0.465 e. The average molecular weight is 308 g/mol. The first-order chi connectivity index (χ1) is 11.2. The molecule has 5 nitrogen and oxygen atoms in total. The summed E-state index contributed by atoms with van der Waals surface area (Å²) in [5.41, 5.74) is 3.89. The van der Waals surface area contributed by atoms with Gasteiger partial charge in [0.15, 0.2) is 0 Å². The maximum atomic E-state index is 11.7. The van der Waals surface area contributed by atoms with Crippen molar-refractivity contribution in [3.63, 3.8) is 0 Å². The number of esters is 1. The Kier molecular flexibility index (Phi) is 4.19. The number of rotatable bonds is 3. The van der Waals surface area contributed by atoms with E-state index in [-0.39, 0.29) is 5.91 Å². The zero-order chi connectivity index (χ0) is 16.2. The van der Waals surface area contributed by atoms with Crippen LogP contribution in [0.4, 0.5) is 0 Å². The van der Waals surface area contributed by atoms with Crippen molar-refractivity contribution in [2.24, 2.45) is 0 Å². The van der Waals surface area contributed by atoms with Gasteiger partial charge in [0, 0.05) is 30.1 Å². The van der Waals surface area contributed by atoms with Crippen LogP contribution in [0, 0.1) is 0 Å². The zero-order valence-electron chi connectivity index (χ0n) is 12.7. The predicted octanol–water partition coefficient (Wildman–Crippen LogP) is 2.32. The van der Waals surface area contributed by atoms with Crippen LogP contribution < -0.4 is 5.32 Å². The van der Waals surface area contributed by atoms with Crippen molar-refractivity contribution in [1.82, 2.24) is 10.3 Å². The van der Waals surface area contributed by atoms with Gasteiger partial charge in [-0.3, -0.25) is 9.78 Å². The van der Waals surface area contributed by atoms with Crippen molar-refractivity contribution in [2.75, 3.05) is 13.7 Å². The van der Waals surface area contributed by atoms with Crippen LogP contribution in [0.3, 0.4) is 0 Å². The lowest BCUT2D eigenvalue weighted by molar-refractivity contribution is 0.0600. The number of hydrogen-bond acceptors (Lipinski definition) is 4. The Morgan fingerprint density at radius 2 is 2.17 bits per heavy atom. The third-order valence-corrected chi connectivity index (χ3v) is 3.77. The molecule has 1 N–H and O–H groups in total. The van der Waals surface area contributed by atoms with E-state index in [9.17, 15) is 9.59 Å². The number of amides is 1. The van der Waals surface area contributed by atoms with Crippen molar-refractivity contribution in [3.8, 4) is 0 Å². The first kappa shape index (κ1) is 15.0. The standard InChI is InChI=1S/C18H16N2O3/c1-23-18(22)16-7-8-19-11-14(16)4-2-12-3-5-15-13(10-12)6-9-20-17(15)21/h2-5,7-8,10-11H,6,9H2,1H3,(H,20,21). The number of aromatic nitrogens is 1. The summed E-state index contributed by atoms with van der Waals surface area (Å²) in [7, 11) is 1.35. The number of benzene rings is 1. The Labute approximate surface area is 134 Å². The van der Waals surface area contributed by atoms with Crippen LogP contribution in [0.5, 0.6) is 0 Å². The molecule has 0 fully saturated rings. The minimum atomic E-state index is -0.394. The quantitative estimate of drug-likeness (QED) is 0.884. The number of ether oxygens (including phenoxy) is 1. The normalized spacial score (nSPS) is 13.5. The second kappa shape index (κ2) is 6.44. The molecule has 1 aliphatic heterocycles. The molecule has 1 aliphatic rings. The molecule has 2 aromatic rings. The molecular weight excluding hydrogens is 292 g/mol. The van der Waals surface area contributed by atoms with E-state index in [2.05, 4.69) is 10.3 Å². The molecule has 5 heteroatoms. The highest BCUT2D eigenvalue weighted by molar-refractivity contribution is 5.97. The summed E-state index contributed by atoms with van der Waals surface area (Å²) in [5, 5.41) is 2.83. The summed E-state index contributed by atoms with van der Waals surface area (Å²) in [6, 6.07) is 7.34. The van der Waals surface area contributed by atoms with Crippen molar-refractivity contribution < 1.29 is 14.3 Å². The van der Waals surface area contributed by atoms with E-state index in [1.54, 1.807) is 18.5 Å². The first-order valence-electron chi connectivity index (χ1n) is 7.30. The molecule has 0 saturated carbocycles. The first-order valence-corrected chi connectivity index (χ1v) is 7.30. The van der Waals surface area contributed by atoms with Crippen LogP contribution in [-0.2, 0) is 11.2 Å². The maximum absolute atomic E-state index is 11.7. The predicted molar refractivity (Wildman–Crippen MR) is 87.0 cm³/mol. The van der Waals surface area contributed by atoms with Crippen LogP contribution in [0.25, 0.3) is 12.2 Å². The van der Waals surface area contributed by atoms with Gasteiger partial charge in [0.25, 0.3) is 5.91 Å². The molecule has 0 spiro atoms. The van der Waals surface area contributed by atoms with Crippen LogP contribution in [-0.4, -0.2) is 30.5 Å². The highest BCUT2D eigenvalue weighted by Crippen LogP contribution is 2.18. The lowest BCUT2D eigenvalue weighted by Gasteiger charge is -2.16. The van der Waals surface area contributed by atoms with E-state index in [0.29, 0.717) is 17.7 Å². The molecular formula is C18H16N2O3. The maximum Gasteiger partial charge on any atom is 0.338 e. The van der Waals surface area contributed by atoms with Crippen LogP contribution in [0.1, 0.15) is 37.4 Å². The minimum absolute atomic E-state index is 0.0259. The third kappa shape index (κ3) is 3.13. The Morgan fingerprint density at radius 1 is 1.30 bits per heavy atom. The third-order valence-electron chi connectivity index (χ3n) is 3.77. The fourth-order valence-electron chi connectivity index (χ4n) is 2.57. The van der Waals surface area contributed by atoms with Gasteiger partial charge in [0.2, 0.25) is 0 Å². The lowest BCUT2D eigenvalue weighted by Crippen LogP contribution is -2.31. The molecule has 3 rings (SSSR count). The SMILES string of the molecule is COC(=O)c1ccncc1C=Cc1ccc2c(c1)CCNC2=O. The second-order valence-corrected chi connectivity index (χ2v) is 5.21. The number of methoxy groups -OCH3 is 1. The molecule has 1 aromatic carbocycles. The number of carbonyl (C=O) groups is 2. The van der Waals surface area contributed by atoms with Gasteiger partial charge >= 0.3 is 5.97 Å². The van der Waals surface area contributed by atoms with Crippen molar-refractivity contribution >= 4 is 24.0 Å². The second-order valence-electron chi connectivity index (χ2n) is 5.21. The van der Waals surface area contributed by atoms with E-state index < -0.39 is 5.97 Å². The Morgan fingerprint density at radius 3 is 3.00 bits per heavy atom. The van der Waals surface area contributed by atoms with Crippen LogP contribution in [0.15, 0.2) is 36.7 Å². The van der Waals surface area contributed by atoms with E-state index in [1.807, 2.05) is 30.4 Å². The Hall–Kier alpha value is -2.95. The van der Waals surface area contributed by atoms with E-state index in [4.69, 9.17) is 4.74 Å². The molecule has 116 valence electrons. The number of hydrogen-bond donors (Lipinski definition) is 1. The van der Waals surface area contributed by atoms with Gasteiger partial charge in [-0.25, -0.2) is 4.79 Å². The summed E-state index contributed by atoms with van der Waals surface area (Å²) in [6.07, 6.45) is 7.72. The number of nitrogens with one attached hydrogen (secondary N) is 1. The molecule has 2 heterocycles. The summed E-state index contributed by atoms with van der Waals surface area (Å²) in [6.45, 7) is 0.661. The van der Waals surface area contributed by atoms with Gasteiger partial charge in [-0.05, 0) is 29.7 Å². The zero-order valence-corrected chi connectivity index (χ0v) is 12.7. The molecule has 0 radical (unpaired) electrons. The lowest BCUT2D eigenvalue weighted by atomic mass is 9.97. The molecule has 1 amide bonds. The topological polar surface area (TPSA) is 68.3 Å². The van der Waals surface area contributed by atoms with Gasteiger partial charge < -0.3 is 10.1 Å². The van der Waals surface area contributed by atoms with Gasteiger partial charge in [0.05, 0.1) is 12.7 Å². The highest BCUT2D eigenvalue weighted by Gasteiger charge is 2.16. The van der Waals surface area contributed by atoms with Crippen LogP contribution in [0.2, 0.25) is 0 Å². The van der Waals surface area contributed by atoms with E-state index >= 15 is 0 Å². The fourth-order valence-corrected chi connectivity index (χ4v) is 2.57. The molecule has 0 bridgehead atoms. The molecule has 0 unspecified atom stereocenters. The van der Waals surface area contributed by atoms with Crippen LogP contribution >= 0.6 is 0 Å². The molecule has 23 heavy (non-hydrogen) atoms. The van der Waals surface area contributed by atoms with Crippen molar-refractivity contribution in [1.29, 1.82) is 0 Å². The number of pyridine rings is 1. The monoisotopic (exact) mass is 308 g/mol. The van der Waals surface area contributed by atoms with E-state index in [0.717, 1.165) is 23.1 Å². The molecule has 0 atom stereocenters. The smallest absolute Gasteiger partial charge is 0.338 e. The minimum Gasteiger partial charge on any atom is -0.465 e. The Bertz CT molecular complexity index is 797. The molecule has 0 aliphatic carbocycles. The summed E-state index contributed by atoms with van der Waals surface area (Å²) in [5.74, 6) is -0.420. The van der Waals surface area contributed by atoms with E-state index in [1.165, 1.54) is 7.11 Å². The molecule has 0 saturated heterocycles. The Balaban J connectivity index is 1.89. The summed E-state index contributed by atoms with van der Waals surface area (Å²) < 4.78 is 4.77.